The van der Waals surface area contributed by atoms with Crippen LogP contribution in [0.25, 0.3) is 0 Å². The first-order valence-electron chi connectivity index (χ1n) is 4.70. The maximum Gasteiger partial charge on any atom is 0.0776 e. The molecule has 1 rings (SSSR count). The summed E-state index contributed by atoms with van der Waals surface area (Å²) >= 11 is 0. The van der Waals surface area contributed by atoms with E-state index >= 15 is 0 Å². The molecule has 0 aliphatic heterocycles. The Morgan fingerprint density at radius 1 is 1.23 bits per heavy atom. The highest BCUT2D eigenvalue weighted by atomic mass is 28.3. The minimum absolute atomic E-state index is 0.351. The normalized spacial score (nSPS) is 14.2. The van der Waals surface area contributed by atoms with Crippen molar-refractivity contribution in [1.29, 1.82) is 0 Å². The highest BCUT2D eigenvalue weighted by Gasteiger charge is 2.16. The fraction of sp³-hybridized carbons (Fsp3) is 0.455. The van der Waals surface area contributed by atoms with Gasteiger partial charge in [0.2, 0.25) is 0 Å². The van der Waals surface area contributed by atoms with Crippen LogP contribution in [0.1, 0.15) is 18.6 Å². The topological polar surface area (TPSA) is 20.2 Å². The van der Waals surface area contributed by atoms with Gasteiger partial charge in [-0.15, -0.1) is 0 Å². The van der Waals surface area contributed by atoms with E-state index in [-0.39, 0.29) is 6.10 Å². The van der Waals surface area contributed by atoms with Gasteiger partial charge in [-0.1, -0.05) is 49.1 Å². The molecule has 1 aromatic rings. The Labute approximate surface area is 81.4 Å². The molecule has 0 unspecified atom stereocenters. The Hall–Kier alpha value is -0.603. The van der Waals surface area contributed by atoms with Crippen molar-refractivity contribution < 1.29 is 5.11 Å². The first-order valence-corrected chi connectivity index (χ1v) is 8.20. The SMILES string of the molecule is C[C@@H](O)c1cccc([Si](C)(C)C)c1. The summed E-state index contributed by atoms with van der Waals surface area (Å²) in [4.78, 5) is 0. The minimum atomic E-state index is -1.22. The summed E-state index contributed by atoms with van der Waals surface area (Å²) in [5, 5.41) is 10.8. The van der Waals surface area contributed by atoms with Gasteiger partial charge in [0.1, 0.15) is 0 Å². The van der Waals surface area contributed by atoms with E-state index in [0.717, 1.165) is 5.56 Å². The maximum atomic E-state index is 9.43. The Kier molecular flexibility index (Phi) is 2.93. The highest BCUT2D eigenvalue weighted by Crippen LogP contribution is 2.11. The molecule has 1 N–H and O–H groups in total. The van der Waals surface area contributed by atoms with Crippen LogP contribution in [0.2, 0.25) is 19.6 Å². The molecule has 0 aromatic heterocycles. The molecule has 0 bridgehead atoms. The summed E-state index contributed by atoms with van der Waals surface area (Å²) in [5.41, 5.74) is 1.03. The molecular formula is C11H18OSi. The summed E-state index contributed by atoms with van der Waals surface area (Å²) in [7, 11) is -1.22. The summed E-state index contributed by atoms with van der Waals surface area (Å²) in [6.07, 6.45) is -0.351. The first kappa shape index (κ1) is 10.5. The third kappa shape index (κ3) is 2.67. The van der Waals surface area contributed by atoms with Crippen LogP contribution in [0.3, 0.4) is 0 Å². The van der Waals surface area contributed by atoms with Crippen LogP contribution in [0.4, 0.5) is 0 Å². The van der Waals surface area contributed by atoms with Crippen molar-refractivity contribution in [2.75, 3.05) is 0 Å². The smallest absolute Gasteiger partial charge is 0.0776 e. The molecular weight excluding hydrogens is 176 g/mol. The van der Waals surface area contributed by atoms with E-state index < -0.39 is 8.07 Å². The van der Waals surface area contributed by atoms with Crippen LogP contribution in [0.5, 0.6) is 0 Å². The van der Waals surface area contributed by atoms with Crippen molar-refractivity contribution in [3.05, 3.63) is 29.8 Å². The van der Waals surface area contributed by atoms with Gasteiger partial charge in [-0.2, -0.15) is 0 Å². The Balaban J connectivity index is 3.06. The second-order valence-corrected chi connectivity index (χ2v) is 9.63. The van der Waals surface area contributed by atoms with Crippen LogP contribution in [-0.4, -0.2) is 13.2 Å². The fourth-order valence-corrected chi connectivity index (χ4v) is 2.46. The van der Waals surface area contributed by atoms with Gasteiger partial charge in [0.05, 0.1) is 14.2 Å². The largest absolute Gasteiger partial charge is 0.389 e. The van der Waals surface area contributed by atoms with Gasteiger partial charge in [0, 0.05) is 0 Å². The molecule has 13 heavy (non-hydrogen) atoms. The molecule has 0 radical (unpaired) electrons. The molecule has 0 amide bonds. The zero-order chi connectivity index (χ0) is 10.1. The lowest BCUT2D eigenvalue weighted by molar-refractivity contribution is 0.199. The molecule has 0 saturated carbocycles. The number of aliphatic hydroxyl groups excluding tert-OH is 1. The lowest BCUT2D eigenvalue weighted by Gasteiger charge is -2.18. The molecule has 0 fully saturated rings. The van der Waals surface area contributed by atoms with Crippen molar-refractivity contribution in [2.24, 2.45) is 0 Å². The first-order chi connectivity index (χ1) is 5.91. The number of rotatable bonds is 2. The average Bonchev–Trinajstić information content (AvgIpc) is 2.03. The van der Waals surface area contributed by atoms with Gasteiger partial charge in [0.15, 0.2) is 0 Å². The van der Waals surface area contributed by atoms with Crippen molar-refractivity contribution in [2.45, 2.75) is 32.7 Å². The second kappa shape index (κ2) is 3.64. The fourth-order valence-electron chi connectivity index (χ4n) is 1.27. The summed E-state index contributed by atoms with van der Waals surface area (Å²) in [5.74, 6) is 0. The predicted octanol–water partition coefficient (Wildman–Crippen LogP) is 2.29. The average molecular weight is 194 g/mol. The van der Waals surface area contributed by atoms with Gasteiger partial charge in [0.25, 0.3) is 0 Å². The molecule has 72 valence electrons. The zero-order valence-corrected chi connectivity index (χ0v) is 9.83. The third-order valence-corrected chi connectivity index (χ3v) is 4.28. The van der Waals surface area contributed by atoms with Crippen molar-refractivity contribution in [3.8, 4) is 0 Å². The van der Waals surface area contributed by atoms with Crippen LogP contribution < -0.4 is 5.19 Å². The van der Waals surface area contributed by atoms with E-state index in [9.17, 15) is 5.11 Å². The quantitative estimate of drug-likeness (QED) is 0.716. The van der Waals surface area contributed by atoms with Gasteiger partial charge in [-0.05, 0) is 12.5 Å². The summed E-state index contributed by atoms with van der Waals surface area (Å²) in [6.45, 7) is 8.75. The highest BCUT2D eigenvalue weighted by molar-refractivity contribution is 6.88. The standard InChI is InChI=1S/C11H18OSi/c1-9(12)10-6-5-7-11(8-10)13(2,3)4/h5-9,12H,1-4H3/t9-/m1/s1. The van der Waals surface area contributed by atoms with Crippen molar-refractivity contribution in [3.63, 3.8) is 0 Å². The zero-order valence-electron chi connectivity index (χ0n) is 8.83. The van der Waals surface area contributed by atoms with Gasteiger partial charge >= 0.3 is 0 Å². The number of aliphatic hydroxyl groups is 1. The molecule has 2 heteroatoms. The number of hydrogen-bond acceptors (Lipinski definition) is 1. The molecule has 1 aromatic carbocycles. The monoisotopic (exact) mass is 194 g/mol. The Morgan fingerprint density at radius 3 is 2.31 bits per heavy atom. The molecule has 1 nitrogen and oxygen atoms in total. The van der Waals surface area contributed by atoms with Gasteiger partial charge in [-0.3, -0.25) is 0 Å². The van der Waals surface area contributed by atoms with E-state index in [1.54, 1.807) is 0 Å². The Morgan fingerprint density at radius 2 is 1.85 bits per heavy atom. The molecule has 0 heterocycles. The molecule has 0 aliphatic rings. The predicted molar refractivity (Wildman–Crippen MR) is 60.1 cm³/mol. The lowest BCUT2D eigenvalue weighted by Crippen LogP contribution is -2.37. The minimum Gasteiger partial charge on any atom is -0.389 e. The van der Waals surface area contributed by atoms with Crippen LogP contribution in [-0.2, 0) is 0 Å². The van der Waals surface area contributed by atoms with Crippen LogP contribution in [0.15, 0.2) is 24.3 Å². The Bertz CT molecular complexity index is 286. The van der Waals surface area contributed by atoms with E-state index in [1.807, 2.05) is 19.1 Å². The van der Waals surface area contributed by atoms with Gasteiger partial charge in [-0.25, -0.2) is 0 Å². The number of hydrogen-bond donors (Lipinski definition) is 1. The molecule has 0 saturated heterocycles. The third-order valence-electron chi connectivity index (χ3n) is 2.24. The molecule has 0 aliphatic carbocycles. The van der Waals surface area contributed by atoms with E-state index in [4.69, 9.17) is 0 Å². The van der Waals surface area contributed by atoms with Crippen LogP contribution in [0, 0.1) is 0 Å². The number of benzene rings is 1. The summed E-state index contributed by atoms with van der Waals surface area (Å²) in [6, 6.07) is 8.32. The lowest BCUT2D eigenvalue weighted by atomic mass is 10.1. The van der Waals surface area contributed by atoms with Gasteiger partial charge < -0.3 is 5.11 Å². The van der Waals surface area contributed by atoms with Crippen molar-refractivity contribution >= 4 is 13.3 Å². The van der Waals surface area contributed by atoms with E-state index in [2.05, 4.69) is 31.8 Å². The maximum absolute atomic E-state index is 9.43. The van der Waals surface area contributed by atoms with E-state index in [1.165, 1.54) is 5.19 Å². The van der Waals surface area contributed by atoms with Crippen molar-refractivity contribution in [1.82, 2.24) is 0 Å². The van der Waals surface area contributed by atoms with E-state index in [0.29, 0.717) is 0 Å². The molecule has 0 spiro atoms. The molecule has 1 atom stereocenters. The van der Waals surface area contributed by atoms with Crippen LogP contribution >= 0.6 is 0 Å². The second-order valence-electron chi connectivity index (χ2n) is 4.55. The summed E-state index contributed by atoms with van der Waals surface area (Å²) < 4.78 is 0.